The van der Waals surface area contributed by atoms with Gasteiger partial charge in [0.05, 0.1) is 18.7 Å². The molecule has 0 aliphatic rings. The van der Waals surface area contributed by atoms with E-state index in [0.717, 1.165) is 27.9 Å². The summed E-state index contributed by atoms with van der Waals surface area (Å²) < 4.78 is 1.91. The number of pyridine rings is 1. The highest BCUT2D eigenvalue weighted by Gasteiger charge is 2.18. The minimum absolute atomic E-state index is 0.00767. The maximum atomic E-state index is 11.0. The molecule has 5 nitrogen and oxygen atoms in total. The van der Waals surface area contributed by atoms with Gasteiger partial charge in [0.25, 0.3) is 0 Å². The SMILES string of the molecule is Cc1nc2c(cnn2C(C)c2cccs2)c(C)c1CC(=O)O. The van der Waals surface area contributed by atoms with E-state index in [1.165, 1.54) is 4.88 Å². The zero-order chi connectivity index (χ0) is 15.9. The van der Waals surface area contributed by atoms with Crippen molar-refractivity contribution >= 4 is 28.3 Å². The van der Waals surface area contributed by atoms with Crippen molar-refractivity contribution in [1.82, 2.24) is 14.8 Å². The lowest BCUT2D eigenvalue weighted by Crippen LogP contribution is -2.10. The molecule has 3 heterocycles. The molecule has 0 amide bonds. The van der Waals surface area contributed by atoms with E-state index in [0.29, 0.717) is 0 Å². The normalized spacial score (nSPS) is 12.7. The summed E-state index contributed by atoms with van der Waals surface area (Å²) >= 11 is 1.69. The van der Waals surface area contributed by atoms with Crippen molar-refractivity contribution < 1.29 is 9.90 Å². The molecule has 0 aliphatic carbocycles. The predicted octanol–water partition coefficient (Wildman–Crippen LogP) is 3.35. The first kappa shape index (κ1) is 14.7. The summed E-state index contributed by atoms with van der Waals surface area (Å²) in [5.41, 5.74) is 3.30. The Kier molecular flexibility index (Phi) is 3.70. The monoisotopic (exact) mass is 315 g/mol. The van der Waals surface area contributed by atoms with E-state index < -0.39 is 5.97 Å². The highest BCUT2D eigenvalue weighted by molar-refractivity contribution is 7.10. The van der Waals surface area contributed by atoms with Crippen molar-refractivity contribution in [1.29, 1.82) is 0 Å². The van der Waals surface area contributed by atoms with Crippen LogP contribution in [0.1, 0.15) is 34.7 Å². The number of aromatic nitrogens is 3. The maximum Gasteiger partial charge on any atom is 0.307 e. The van der Waals surface area contributed by atoms with Gasteiger partial charge < -0.3 is 5.11 Å². The molecular formula is C16H17N3O2S. The molecule has 3 aromatic heterocycles. The molecular weight excluding hydrogens is 298 g/mol. The third-order valence-electron chi connectivity index (χ3n) is 3.99. The zero-order valence-corrected chi connectivity index (χ0v) is 13.5. The smallest absolute Gasteiger partial charge is 0.307 e. The molecule has 22 heavy (non-hydrogen) atoms. The van der Waals surface area contributed by atoms with E-state index in [-0.39, 0.29) is 12.5 Å². The summed E-state index contributed by atoms with van der Waals surface area (Å²) in [4.78, 5) is 16.9. The molecule has 3 aromatic rings. The molecule has 1 N–H and O–H groups in total. The maximum absolute atomic E-state index is 11.0. The molecule has 3 rings (SSSR count). The van der Waals surface area contributed by atoms with E-state index in [4.69, 9.17) is 5.11 Å². The van der Waals surface area contributed by atoms with Gasteiger partial charge in [0.15, 0.2) is 5.65 Å². The Bertz CT molecular complexity index is 837. The van der Waals surface area contributed by atoms with Crippen LogP contribution in [0.2, 0.25) is 0 Å². The number of nitrogens with zero attached hydrogens (tertiary/aromatic N) is 3. The number of hydrogen-bond donors (Lipinski definition) is 1. The molecule has 0 saturated carbocycles. The van der Waals surface area contributed by atoms with Gasteiger partial charge in [-0.05, 0) is 43.3 Å². The van der Waals surface area contributed by atoms with E-state index in [9.17, 15) is 4.79 Å². The molecule has 6 heteroatoms. The average Bonchev–Trinajstić information content (AvgIpc) is 3.11. The lowest BCUT2D eigenvalue weighted by Gasteiger charge is -2.13. The van der Waals surface area contributed by atoms with Crippen LogP contribution in [0.15, 0.2) is 23.7 Å². The van der Waals surface area contributed by atoms with E-state index >= 15 is 0 Å². The lowest BCUT2D eigenvalue weighted by atomic mass is 10.0. The second-order valence-electron chi connectivity index (χ2n) is 5.39. The van der Waals surface area contributed by atoms with Crippen LogP contribution in [0.3, 0.4) is 0 Å². The Labute approximate surface area is 132 Å². The second-order valence-corrected chi connectivity index (χ2v) is 6.37. The molecule has 0 aliphatic heterocycles. The van der Waals surface area contributed by atoms with Crippen molar-refractivity contribution in [3.8, 4) is 0 Å². The van der Waals surface area contributed by atoms with Crippen LogP contribution in [0.5, 0.6) is 0 Å². The Balaban J connectivity index is 2.14. The fourth-order valence-corrected chi connectivity index (χ4v) is 3.50. The summed E-state index contributed by atoms with van der Waals surface area (Å²) in [6.45, 7) is 5.89. The minimum atomic E-state index is -0.841. The van der Waals surface area contributed by atoms with Crippen molar-refractivity contribution in [3.63, 3.8) is 0 Å². The van der Waals surface area contributed by atoms with Crippen LogP contribution in [0.25, 0.3) is 11.0 Å². The van der Waals surface area contributed by atoms with Crippen LogP contribution in [-0.2, 0) is 11.2 Å². The van der Waals surface area contributed by atoms with Crippen LogP contribution in [-0.4, -0.2) is 25.8 Å². The molecule has 0 radical (unpaired) electrons. The quantitative estimate of drug-likeness (QED) is 0.801. The van der Waals surface area contributed by atoms with Crippen LogP contribution >= 0.6 is 11.3 Å². The lowest BCUT2D eigenvalue weighted by molar-refractivity contribution is -0.136. The minimum Gasteiger partial charge on any atom is -0.481 e. The van der Waals surface area contributed by atoms with Gasteiger partial charge in [0.2, 0.25) is 0 Å². The molecule has 1 atom stereocenters. The number of aryl methyl sites for hydroxylation is 2. The molecule has 0 spiro atoms. The number of hydrogen-bond acceptors (Lipinski definition) is 4. The number of thiophene rings is 1. The van der Waals surface area contributed by atoms with Gasteiger partial charge in [-0.15, -0.1) is 11.3 Å². The van der Waals surface area contributed by atoms with Gasteiger partial charge in [-0.2, -0.15) is 5.10 Å². The molecule has 0 saturated heterocycles. The fourth-order valence-electron chi connectivity index (χ4n) is 2.74. The van der Waals surface area contributed by atoms with Gasteiger partial charge in [-0.1, -0.05) is 6.07 Å². The summed E-state index contributed by atoms with van der Waals surface area (Å²) in [5, 5.41) is 16.5. The van der Waals surface area contributed by atoms with E-state index in [2.05, 4.69) is 23.1 Å². The first-order valence-electron chi connectivity index (χ1n) is 7.07. The topological polar surface area (TPSA) is 68.0 Å². The van der Waals surface area contributed by atoms with Crippen LogP contribution < -0.4 is 0 Å². The van der Waals surface area contributed by atoms with E-state index in [1.807, 2.05) is 30.0 Å². The Morgan fingerprint density at radius 3 is 2.86 bits per heavy atom. The number of carboxylic acid groups (broad SMARTS) is 1. The van der Waals surface area contributed by atoms with Gasteiger partial charge in [0.1, 0.15) is 0 Å². The van der Waals surface area contributed by atoms with Gasteiger partial charge in [-0.25, -0.2) is 9.67 Å². The van der Waals surface area contributed by atoms with Crippen LogP contribution in [0.4, 0.5) is 0 Å². The molecule has 0 bridgehead atoms. The van der Waals surface area contributed by atoms with Crippen molar-refractivity contribution in [3.05, 3.63) is 45.4 Å². The third-order valence-corrected chi connectivity index (χ3v) is 5.03. The van der Waals surface area contributed by atoms with Gasteiger partial charge >= 0.3 is 5.97 Å². The number of carbonyl (C=O) groups is 1. The highest BCUT2D eigenvalue weighted by atomic mass is 32.1. The van der Waals surface area contributed by atoms with Gasteiger partial charge in [-0.3, -0.25) is 4.79 Å². The predicted molar refractivity (Wildman–Crippen MR) is 86.5 cm³/mol. The first-order chi connectivity index (χ1) is 10.5. The zero-order valence-electron chi connectivity index (χ0n) is 12.7. The van der Waals surface area contributed by atoms with E-state index in [1.54, 1.807) is 17.5 Å². The molecule has 0 fully saturated rings. The average molecular weight is 315 g/mol. The molecule has 1 unspecified atom stereocenters. The standard InChI is InChI=1S/C16H17N3O2S/c1-9-12(7-15(20)21)10(2)18-16-13(9)8-17-19(16)11(3)14-5-4-6-22-14/h4-6,8,11H,7H2,1-3H3,(H,20,21). The summed E-state index contributed by atoms with van der Waals surface area (Å²) in [6.07, 6.45) is 1.78. The van der Waals surface area contributed by atoms with Gasteiger partial charge in [0, 0.05) is 16.0 Å². The highest BCUT2D eigenvalue weighted by Crippen LogP contribution is 2.28. The number of rotatable bonds is 4. The Hall–Kier alpha value is -2.21. The number of carboxylic acids is 1. The largest absolute Gasteiger partial charge is 0.481 e. The number of aliphatic carboxylic acids is 1. The number of fused-ring (bicyclic) bond motifs is 1. The fraction of sp³-hybridized carbons (Fsp3) is 0.312. The molecule has 0 aromatic carbocycles. The van der Waals surface area contributed by atoms with Crippen molar-refractivity contribution in [2.75, 3.05) is 0 Å². The second kappa shape index (κ2) is 5.53. The van der Waals surface area contributed by atoms with Crippen LogP contribution in [0, 0.1) is 13.8 Å². The van der Waals surface area contributed by atoms with Crippen molar-refractivity contribution in [2.24, 2.45) is 0 Å². The Morgan fingerprint density at radius 2 is 2.23 bits per heavy atom. The first-order valence-corrected chi connectivity index (χ1v) is 7.95. The summed E-state index contributed by atoms with van der Waals surface area (Å²) in [7, 11) is 0. The molecule has 114 valence electrons. The third kappa shape index (κ3) is 2.39. The summed E-state index contributed by atoms with van der Waals surface area (Å²) in [6, 6.07) is 4.22. The summed E-state index contributed by atoms with van der Waals surface area (Å²) in [5.74, 6) is -0.841. The Morgan fingerprint density at radius 1 is 1.45 bits per heavy atom. The van der Waals surface area contributed by atoms with Crippen molar-refractivity contribution in [2.45, 2.75) is 33.2 Å².